The molecular formula is C12H19N5O. The lowest BCUT2D eigenvalue weighted by Crippen LogP contribution is -2.47. The number of likely N-dealkylation sites (N-methyl/N-ethyl adjacent to an activating group) is 1. The molecule has 0 aliphatic carbocycles. The molecule has 1 unspecified atom stereocenters. The van der Waals surface area contributed by atoms with Gasteiger partial charge in [0.05, 0.1) is 0 Å². The Balaban J connectivity index is 1.80. The van der Waals surface area contributed by atoms with Crippen molar-refractivity contribution >= 4 is 12.1 Å². The van der Waals surface area contributed by atoms with Crippen LogP contribution in [-0.2, 0) is 4.79 Å². The van der Waals surface area contributed by atoms with Crippen LogP contribution in [-0.4, -0.2) is 51.2 Å². The fourth-order valence-electron chi connectivity index (χ4n) is 2.15. The molecule has 1 aliphatic heterocycles. The topological polar surface area (TPSA) is 63.1 Å². The highest BCUT2D eigenvalue weighted by molar-refractivity contribution is 5.90. The lowest BCUT2D eigenvalue weighted by atomic mass is 10.1. The van der Waals surface area contributed by atoms with E-state index in [1.165, 1.54) is 17.1 Å². The van der Waals surface area contributed by atoms with E-state index >= 15 is 0 Å². The molecule has 1 amide bonds. The van der Waals surface area contributed by atoms with Crippen molar-refractivity contribution in [2.24, 2.45) is 0 Å². The minimum Gasteiger partial charge on any atom is -0.348 e. The Bertz CT molecular complexity index is 401. The molecule has 1 aromatic heterocycles. The van der Waals surface area contributed by atoms with Gasteiger partial charge >= 0.3 is 0 Å². The summed E-state index contributed by atoms with van der Waals surface area (Å²) in [6.45, 7) is 5.27. The summed E-state index contributed by atoms with van der Waals surface area (Å²) in [6, 6.07) is 0.256. The Morgan fingerprint density at radius 1 is 1.61 bits per heavy atom. The first kappa shape index (κ1) is 12.8. The molecule has 2 rings (SSSR count). The van der Waals surface area contributed by atoms with Crippen molar-refractivity contribution < 1.29 is 4.79 Å². The number of nitrogens with one attached hydrogen (secondary N) is 1. The monoisotopic (exact) mass is 249 g/mol. The zero-order chi connectivity index (χ0) is 12.8. The summed E-state index contributed by atoms with van der Waals surface area (Å²) in [5.74, 6) is -0.0755. The molecule has 1 aromatic rings. The van der Waals surface area contributed by atoms with Crippen molar-refractivity contribution in [3.63, 3.8) is 0 Å². The van der Waals surface area contributed by atoms with Gasteiger partial charge in [0, 0.05) is 24.9 Å². The summed E-state index contributed by atoms with van der Waals surface area (Å²) in [4.78, 5) is 17.9. The minimum absolute atomic E-state index is 0.0755. The molecule has 1 aliphatic rings. The van der Waals surface area contributed by atoms with Gasteiger partial charge in [-0.2, -0.15) is 5.10 Å². The lowest BCUT2D eigenvalue weighted by Gasteiger charge is -2.31. The van der Waals surface area contributed by atoms with Gasteiger partial charge in [-0.15, -0.1) is 0 Å². The van der Waals surface area contributed by atoms with Crippen LogP contribution in [0.4, 0.5) is 0 Å². The zero-order valence-electron chi connectivity index (χ0n) is 10.6. The standard InChI is InChI=1S/C12H19N5O/c1-2-16-6-3-4-11(8-16)15-12(18)5-7-17-10-13-9-14-17/h5,7,9-11H,2-4,6,8H2,1H3,(H,15,18)/b7-5+. The summed E-state index contributed by atoms with van der Waals surface area (Å²) >= 11 is 0. The van der Waals surface area contributed by atoms with Crippen molar-refractivity contribution in [3.8, 4) is 0 Å². The van der Waals surface area contributed by atoms with Crippen LogP contribution < -0.4 is 5.32 Å². The van der Waals surface area contributed by atoms with E-state index < -0.39 is 0 Å². The third kappa shape index (κ3) is 3.66. The smallest absolute Gasteiger partial charge is 0.245 e. The Morgan fingerprint density at radius 3 is 3.22 bits per heavy atom. The van der Waals surface area contributed by atoms with E-state index in [1.54, 1.807) is 12.5 Å². The number of carbonyl (C=O) groups excluding carboxylic acids is 1. The Hall–Kier alpha value is -1.69. The van der Waals surface area contributed by atoms with Crippen molar-refractivity contribution in [2.45, 2.75) is 25.8 Å². The van der Waals surface area contributed by atoms with Gasteiger partial charge < -0.3 is 10.2 Å². The normalized spacial score (nSPS) is 21.3. The average Bonchev–Trinajstić information content (AvgIpc) is 2.90. The van der Waals surface area contributed by atoms with E-state index in [1.807, 2.05) is 0 Å². The zero-order valence-corrected chi connectivity index (χ0v) is 10.6. The molecule has 6 heteroatoms. The highest BCUT2D eigenvalue weighted by atomic mass is 16.1. The Morgan fingerprint density at radius 2 is 2.50 bits per heavy atom. The Labute approximate surface area is 107 Å². The fourth-order valence-corrected chi connectivity index (χ4v) is 2.15. The maximum Gasteiger partial charge on any atom is 0.245 e. The van der Waals surface area contributed by atoms with Crippen LogP contribution in [0.1, 0.15) is 19.8 Å². The number of aromatic nitrogens is 3. The van der Waals surface area contributed by atoms with Crippen LogP contribution in [0.15, 0.2) is 18.7 Å². The van der Waals surface area contributed by atoms with Crippen LogP contribution in [0, 0.1) is 0 Å². The van der Waals surface area contributed by atoms with Crippen LogP contribution >= 0.6 is 0 Å². The van der Waals surface area contributed by atoms with Crippen molar-refractivity contribution in [1.29, 1.82) is 0 Å². The summed E-state index contributed by atoms with van der Waals surface area (Å²) in [6.07, 6.45) is 8.26. The van der Waals surface area contributed by atoms with E-state index in [2.05, 4.69) is 27.2 Å². The van der Waals surface area contributed by atoms with Gasteiger partial charge in [-0.05, 0) is 25.9 Å². The number of carbonyl (C=O) groups is 1. The van der Waals surface area contributed by atoms with Crippen LogP contribution in [0.3, 0.4) is 0 Å². The first-order chi connectivity index (χ1) is 8.78. The van der Waals surface area contributed by atoms with Gasteiger partial charge in [-0.3, -0.25) is 4.79 Å². The molecule has 1 fully saturated rings. The first-order valence-corrected chi connectivity index (χ1v) is 6.33. The molecule has 98 valence electrons. The molecule has 0 bridgehead atoms. The Kier molecular flexibility index (Phi) is 4.46. The molecule has 0 radical (unpaired) electrons. The maximum absolute atomic E-state index is 11.7. The SMILES string of the molecule is CCN1CCCC(NC(=O)/C=C/n2cncn2)C1. The molecule has 0 spiro atoms. The minimum atomic E-state index is -0.0755. The molecule has 2 heterocycles. The lowest BCUT2D eigenvalue weighted by molar-refractivity contribution is -0.117. The van der Waals surface area contributed by atoms with E-state index in [0.717, 1.165) is 32.5 Å². The number of hydrogen-bond acceptors (Lipinski definition) is 4. The number of rotatable bonds is 4. The second-order valence-electron chi connectivity index (χ2n) is 4.43. The highest BCUT2D eigenvalue weighted by Gasteiger charge is 2.19. The van der Waals surface area contributed by atoms with Gasteiger partial charge in [0.25, 0.3) is 0 Å². The summed E-state index contributed by atoms with van der Waals surface area (Å²) in [5, 5.41) is 6.91. The van der Waals surface area contributed by atoms with E-state index in [9.17, 15) is 4.79 Å². The summed E-state index contributed by atoms with van der Waals surface area (Å²) in [5.41, 5.74) is 0. The van der Waals surface area contributed by atoms with Crippen LogP contribution in [0.25, 0.3) is 6.20 Å². The van der Waals surface area contributed by atoms with Gasteiger partial charge in [-0.1, -0.05) is 6.92 Å². The predicted octanol–water partition coefficient (Wildman–Crippen LogP) is 0.349. The van der Waals surface area contributed by atoms with Gasteiger partial charge in [0.15, 0.2) is 0 Å². The number of nitrogens with zero attached hydrogens (tertiary/aromatic N) is 4. The third-order valence-electron chi connectivity index (χ3n) is 3.11. The van der Waals surface area contributed by atoms with Crippen molar-refractivity contribution in [1.82, 2.24) is 25.0 Å². The molecular weight excluding hydrogens is 230 g/mol. The fraction of sp³-hybridized carbons (Fsp3) is 0.583. The number of piperidine rings is 1. The van der Waals surface area contributed by atoms with E-state index in [4.69, 9.17) is 0 Å². The average molecular weight is 249 g/mol. The molecule has 0 saturated carbocycles. The highest BCUT2D eigenvalue weighted by Crippen LogP contribution is 2.09. The predicted molar refractivity (Wildman–Crippen MR) is 68.6 cm³/mol. The van der Waals surface area contributed by atoms with E-state index in [0.29, 0.717) is 0 Å². The molecule has 6 nitrogen and oxygen atoms in total. The number of hydrogen-bond donors (Lipinski definition) is 1. The van der Waals surface area contributed by atoms with Gasteiger partial charge in [0.2, 0.25) is 5.91 Å². The third-order valence-corrected chi connectivity index (χ3v) is 3.11. The molecule has 0 aromatic carbocycles. The molecule has 1 saturated heterocycles. The second kappa shape index (κ2) is 6.30. The number of likely N-dealkylation sites (tertiary alicyclic amines) is 1. The van der Waals surface area contributed by atoms with Crippen molar-refractivity contribution in [3.05, 3.63) is 18.7 Å². The van der Waals surface area contributed by atoms with E-state index in [-0.39, 0.29) is 11.9 Å². The molecule has 1 atom stereocenters. The summed E-state index contributed by atoms with van der Waals surface area (Å²) in [7, 11) is 0. The van der Waals surface area contributed by atoms with Gasteiger partial charge in [-0.25, -0.2) is 9.67 Å². The van der Waals surface area contributed by atoms with Crippen molar-refractivity contribution in [2.75, 3.05) is 19.6 Å². The second-order valence-corrected chi connectivity index (χ2v) is 4.43. The van der Waals surface area contributed by atoms with Crippen LogP contribution in [0.2, 0.25) is 0 Å². The summed E-state index contributed by atoms with van der Waals surface area (Å²) < 4.78 is 1.50. The molecule has 1 N–H and O–H groups in total. The quantitative estimate of drug-likeness (QED) is 0.782. The number of amides is 1. The first-order valence-electron chi connectivity index (χ1n) is 6.33. The van der Waals surface area contributed by atoms with Gasteiger partial charge in [0.1, 0.15) is 12.7 Å². The van der Waals surface area contributed by atoms with Crippen LogP contribution in [0.5, 0.6) is 0 Å². The maximum atomic E-state index is 11.7. The largest absolute Gasteiger partial charge is 0.348 e. The molecule has 18 heavy (non-hydrogen) atoms.